The van der Waals surface area contributed by atoms with E-state index in [1.54, 1.807) is 0 Å². The number of benzene rings is 1. The van der Waals surface area contributed by atoms with Crippen LogP contribution in [-0.4, -0.2) is 9.55 Å². The van der Waals surface area contributed by atoms with Crippen LogP contribution < -0.4 is 5.73 Å². The van der Waals surface area contributed by atoms with E-state index < -0.39 is 0 Å². The topological polar surface area (TPSA) is 43.8 Å². The molecular weight excluding hydrogens is 246 g/mol. The molecule has 20 heavy (non-hydrogen) atoms. The number of allylic oxidation sites excluding steroid dienone is 1. The SMILES string of the molecule is C=C(C)Cn1c(C(N)CCCC)nc2cc(C)ccc21. The van der Waals surface area contributed by atoms with Crippen LogP contribution in [0.2, 0.25) is 0 Å². The molecule has 3 heteroatoms. The third-order valence-electron chi connectivity index (χ3n) is 3.56. The van der Waals surface area contributed by atoms with Gasteiger partial charge in [0.15, 0.2) is 0 Å². The van der Waals surface area contributed by atoms with Crippen molar-refractivity contribution in [2.45, 2.75) is 52.6 Å². The van der Waals surface area contributed by atoms with Crippen LogP contribution in [0.25, 0.3) is 11.0 Å². The molecule has 3 nitrogen and oxygen atoms in total. The average molecular weight is 271 g/mol. The normalized spacial score (nSPS) is 12.8. The first-order chi connectivity index (χ1) is 9.52. The highest BCUT2D eigenvalue weighted by Crippen LogP contribution is 2.24. The predicted octanol–water partition coefficient (Wildman–Crippen LogP) is 4.11. The molecule has 1 unspecified atom stereocenters. The van der Waals surface area contributed by atoms with Crippen molar-refractivity contribution in [3.63, 3.8) is 0 Å². The number of unbranched alkanes of at least 4 members (excludes halogenated alkanes) is 1. The van der Waals surface area contributed by atoms with Crippen molar-refractivity contribution in [3.8, 4) is 0 Å². The summed E-state index contributed by atoms with van der Waals surface area (Å²) >= 11 is 0. The minimum Gasteiger partial charge on any atom is -0.323 e. The minimum atomic E-state index is 0.00186. The van der Waals surface area contributed by atoms with Crippen LogP contribution in [0.1, 0.15) is 50.5 Å². The molecule has 1 heterocycles. The Kier molecular flexibility index (Phi) is 4.61. The number of rotatable bonds is 6. The first-order valence-corrected chi connectivity index (χ1v) is 7.39. The average Bonchev–Trinajstić information content (AvgIpc) is 2.73. The van der Waals surface area contributed by atoms with Gasteiger partial charge in [-0.15, -0.1) is 0 Å². The zero-order valence-corrected chi connectivity index (χ0v) is 12.8. The number of fused-ring (bicyclic) bond motifs is 1. The first kappa shape index (κ1) is 14.8. The van der Waals surface area contributed by atoms with Crippen molar-refractivity contribution in [2.75, 3.05) is 0 Å². The summed E-state index contributed by atoms with van der Waals surface area (Å²) in [4.78, 5) is 4.78. The molecule has 0 aliphatic rings. The number of nitrogens with zero attached hydrogens (tertiary/aromatic N) is 2. The highest BCUT2D eigenvalue weighted by molar-refractivity contribution is 5.77. The Morgan fingerprint density at radius 3 is 2.85 bits per heavy atom. The minimum absolute atomic E-state index is 0.00186. The largest absolute Gasteiger partial charge is 0.323 e. The first-order valence-electron chi connectivity index (χ1n) is 7.39. The standard InChI is InChI=1S/C17H25N3/c1-5-6-7-14(18)17-19-15-10-13(4)8-9-16(15)20(17)11-12(2)3/h8-10,14H,2,5-7,11,18H2,1,3-4H3. The van der Waals surface area contributed by atoms with Crippen LogP contribution in [0.5, 0.6) is 0 Å². The summed E-state index contributed by atoms with van der Waals surface area (Å²) in [6.45, 7) is 11.1. The lowest BCUT2D eigenvalue weighted by molar-refractivity contribution is 0.551. The lowest BCUT2D eigenvalue weighted by Crippen LogP contribution is -2.17. The van der Waals surface area contributed by atoms with E-state index in [9.17, 15) is 0 Å². The van der Waals surface area contributed by atoms with Crippen LogP contribution in [0.3, 0.4) is 0 Å². The molecule has 0 aliphatic carbocycles. The summed E-state index contributed by atoms with van der Waals surface area (Å²) in [6, 6.07) is 6.39. The fourth-order valence-electron chi connectivity index (χ4n) is 2.53. The van der Waals surface area contributed by atoms with E-state index in [2.05, 4.69) is 43.2 Å². The van der Waals surface area contributed by atoms with Crippen molar-refractivity contribution in [2.24, 2.45) is 5.73 Å². The van der Waals surface area contributed by atoms with Crippen molar-refractivity contribution >= 4 is 11.0 Å². The Labute approximate surface area is 121 Å². The maximum absolute atomic E-state index is 6.35. The monoisotopic (exact) mass is 271 g/mol. The van der Waals surface area contributed by atoms with Gasteiger partial charge < -0.3 is 10.3 Å². The predicted molar refractivity (Wildman–Crippen MR) is 85.7 cm³/mol. The van der Waals surface area contributed by atoms with Crippen LogP contribution >= 0.6 is 0 Å². The van der Waals surface area contributed by atoms with Gasteiger partial charge in [-0.25, -0.2) is 4.98 Å². The number of hydrogen-bond donors (Lipinski definition) is 1. The fourth-order valence-corrected chi connectivity index (χ4v) is 2.53. The second kappa shape index (κ2) is 6.23. The van der Waals surface area contributed by atoms with Gasteiger partial charge in [-0.3, -0.25) is 0 Å². The number of hydrogen-bond acceptors (Lipinski definition) is 2. The van der Waals surface area contributed by atoms with Gasteiger partial charge in [0.2, 0.25) is 0 Å². The smallest absolute Gasteiger partial charge is 0.127 e. The molecule has 0 fully saturated rings. The van der Waals surface area contributed by atoms with Gasteiger partial charge in [0.05, 0.1) is 17.1 Å². The van der Waals surface area contributed by atoms with Gasteiger partial charge in [0.25, 0.3) is 0 Å². The zero-order chi connectivity index (χ0) is 14.7. The molecule has 0 spiro atoms. The number of aromatic nitrogens is 2. The molecule has 0 saturated carbocycles. The molecule has 0 radical (unpaired) electrons. The lowest BCUT2D eigenvalue weighted by atomic mass is 10.1. The molecule has 2 N–H and O–H groups in total. The molecular formula is C17H25N3. The van der Waals surface area contributed by atoms with E-state index in [-0.39, 0.29) is 6.04 Å². The molecule has 1 aromatic heterocycles. The molecule has 2 rings (SSSR count). The summed E-state index contributed by atoms with van der Waals surface area (Å²) in [6.07, 6.45) is 3.28. The summed E-state index contributed by atoms with van der Waals surface area (Å²) in [7, 11) is 0. The van der Waals surface area contributed by atoms with Crippen molar-refractivity contribution in [1.82, 2.24) is 9.55 Å². The van der Waals surface area contributed by atoms with Crippen molar-refractivity contribution in [3.05, 3.63) is 41.7 Å². The van der Waals surface area contributed by atoms with Gasteiger partial charge in [0, 0.05) is 6.54 Å². The zero-order valence-electron chi connectivity index (χ0n) is 12.8. The van der Waals surface area contributed by atoms with E-state index >= 15 is 0 Å². The van der Waals surface area contributed by atoms with Crippen LogP contribution in [0, 0.1) is 6.92 Å². The maximum atomic E-state index is 6.35. The lowest BCUT2D eigenvalue weighted by Gasteiger charge is -2.14. The van der Waals surface area contributed by atoms with Gasteiger partial charge in [0.1, 0.15) is 5.82 Å². The quantitative estimate of drug-likeness (QED) is 0.803. The molecule has 1 atom stereocenters. The summed E-state index contributed by atoms with van der Waals surface area (Å²) < 4.78 is 2.22. The molecule has 2 aromatic rings. The Balaban J connectivity index is 2.47. The third-order valence-corrected chi connectivity index (χ3v) is 3.56. The summed E-state index contributed by atoms with van der Waals surface area (Å²) in [5.74, 6) is 0.988. The molecule has 0 amide bonds. The summed E-state index contributed by atoms with van der Waals surface area (Å²) in [5, 5.41) is 0. The van der Waals surface area contributed by atoms with E-state index in [4.69, 9.17) is 10.7 Å². The van der Waals surface area contributed by atoms with Crippen LogP contribution in [0.15, 0.2) is 30.4 Å². The Bertz CT molecular complexity index is 610. The number of imidazole rings is 1. The highest BCUT2D eigenvalue weighted by Gasteiger charge is 2.16. The van der Waals surface area contributed by atoms with Gasteiger partial charge in [-0.2, -0.15) is 0 Å². The number of aryl methyl sites for hydroxylation is 1. The van der Waals surface area contributed by atoms with Gasteiger partial charge in [-0.05, 0) is 38.0 Å². The second-order valence-electron chi connectivity index (χ2n) is 5.75. The van der Waals surface area contributed by atoms with Crippen LogP contribution in [0.4, 0.5) is 0 Å². The van der Waals surface area contributed by atoms with E-state index in [0.717, 1.165) is 48.2 Å². The second-order valence-corrected chi connectivity index (χ2v) is 5.75. The highest BCUT2D eigenvalue weighted by atomic mass is 15.1. The van der Waals surface area contributed by atoms with E-state index in [1.165, 1.54) is 5.56 Å². The van der Waals surface area contributed by atoms with E-state index in [1.807, 2.05) is 6.92 Å². The van der Waals surface area contributed by atoms with Gasteiger partial charge in [-0.1, -0.05) is 38.0 Å². The Morgan fingerprint density at radius 2 is 2.20 bits per heavy atom. The molecule has 108 valence electrons. The fraction of sp³-hybridized carbons (Fsp3) is 0.471. The third kappa shape index (κ3) is 3.10. The molecule has 0 bridgehead atoms. The van der Waals surface area contributed by atoms with Crippen LogP contribution in [-0.2, 0) is 6.54 Å². The number of nitrogens with two attached hydrogens (primary N) is 1. The van der Waals surface area contributed by atoms with Crippen molar-refractivity contribution in [1.29, 1.82) is 0 Å². The molecule has 0 aliphatic heterocycles. The van der Waals surface area contributed by atoms with Gasteiger partial charge >= 0.3 is 0 Å². The Morgan fingerprint density at radius 1 is 1.45 bits per heavy atom. The Hall–Kier alpha value is -1.61. The maximum Gasteiger partial charge on any atom is 0.127 e. The molecule has 0 saturated heterocycles. The molecule has 1 aromatic carbocycles. The van der Waals surface area contributed by atoms with E-state index in [0.29, 0.717) is 0 Å². The summed E-state index contributed by atoms with van der Waals surface area (Å²) in [5.41, 5.74) is 10.9. The van der Waals surface area contributed by atoms with Crippen molar-refractivity contribution < 1.29 is 0 Å².